The highest BCUT2D eigenvalue weighted by Crippen LogP contribution is 2.32. The molecule has 0 fully saturated rings. The number of methoxy groups -OCH3 is 1. The third-order valence-corrected chi connectivity index (χ3v) is 2.92. The Hall–Kier alpha value is -1.22. The number of nitrogens with zero attached hydrogens (tertiary/aromatic N) is 2. The van der Waals surface area contributed by atoms with E-state index in [4.69, 9.17) is 0 Å². The van der Waals surface area contributed by atoms with E-state index in [-0.39, 0.29) is 5.69 Å². The Balaban J connectivity index is 3.01. The Morgan fingerprint density at radius 2 is 2.00 bits per heavy atom. The fraction of sp³-hybridized carbons (Fsp3) is 0.375. The van der Waals surface area contributed by atoms with Gasteiger partial charge in [0.2, 0.25) is 0 Å². The Bertz CT molecular complexity index is 382. The van der Waals surface area contributed by atoms with Crippen molar-refractivity contribution in [3.05, 3.63) is 18.1 Å². The summed E-state index contributed by atoms with van der Waals surface area (Å²) in [5.74, 6) is -0.550. The van der Waals surface area contributed by atoms with Crippen LogP contribution in [-0.2, 0) is 9.30 Å². The number of hydrogen-bond acceptors (Lipinski definition) is 5. The third-order valence-electron chi connectivity index (χ3n) is 1.58. The van der Waals surface area contributed by atoms with Crippen molar-refractivity contribution in [2.45, 2.75) is 0 Å². The minimum absolute atomic E-state index is 0.115. The van der Waals surface area contributed by atoms with E-state index in [0.29, 0.717) is 5.44 Å². The number of carbonyl (C=O) groups is 1. The second-order valence-corrected chi connectivity index (χ2v) is 6.26. The Labute approximate surface area is 81.9 Å². The molecule has 14 heavy (non-hydrogen) atoms. The molecule has 5 nitrogen and oxygen atoms in total. The fourth-order valence-corrected chi connectivity index (χ4v) is 1.48. The van der Waals surface area contributed by atoms with Gasteiger partial charge in [0.25, 0.3) is 0 Å². The van der Waals surface area contributed by atoms with Crippen LogP contribution in [0, 0.1) is 0 Å². The van der Waals surface area contributed by atoms with Gasteiger partial charge >= 0.3 is 5.97 Å². The van der Waals surface area contributed by atoms with Crippen molar-refractivity contribution in [2.75, 3.05) is 20.4 Å². The van der Waals surface area contributed by atoms with Crippen molar-refractivity contribution < 1.29 is 14.1 Å². The molecular formula is C8H11N2O3P. The molecule has 1 aromatic rings. The van der Waals surface area contributed by atoms with Gasteiger partial charge in [-0.2, -0.15) is 0 Å². The topological polar surface area (TPSA) is 69.2 Å². The van der Waals surface area contributed by atoms with Crippen molar-refractivity contribution >= 4 is 18.5 Å². The van der Waals surface area contributed by atoms with Gasteiger partial charge in [-0.25, -0.2) is 14.8 Å². The summed E-state index contributed by atoms with van der Waals surface area (Å²) in [5, 5.41) is 0. The molecule has 0 atom stereocenters. The molecule has 0 unspecified atom stereocenters. The maximum atomic E-state index is 11.5. The Kier molecular flexibility index (Phi) is 3.01. The highest BCUT2D eigenvalue weighted by atomic mass is 31.2. The van der Waals surface area contributed by atoms with E-state index < -0.39 is 13.1 Å². The van der Waals surface area contributed by atoms with Crippen molar-refractivity contribution in [1.82, 2.24) is 9.97 Å². The van der Waals surface area contributed by atoms with E-state index in [9.17, 15) is 9.36 Å². The van der Waals surface area contributed by atoms with E-state index in [2.05, 4.69) is 14.7 Å². The van der Waals surface area contributed by atoms with Crippen LogP contribution in [-0.4, -0.2) is 36.4 Å². The zero-order valence-corrected chi connectivity index (χ0v) is 9.12. The predicted molar refractivity (Wildman–Crippen MR) is 52.5 cm³/mol. The summed E-state index contributed by atoms with van der Waals surface area (Å²) in [7, 11) is -1.14. The van der Waals surface area contributed by atoms with Crippen molar-refractivity contribution in [2.24, 2.45) is 0 Å². The van der Waals surface area contributed by atoms with E-state index >= 15 is 0 Å². The van der Waals surface area contributed by atoms with Crippen LogP contribution in [0.2, 0.25) is 0 Å². The van der Waals surface area contributed by atoms with Gasteiger partial charge in [0.05, 0.1) is 19.5 Å². The van der Waals surface area contributed by atoms with Crippen molar-refractivity contribution in [1.29, 1.82) is 0 Å². The van der Waals surface area contributed by atoms with Crippen LogP contribution in [0.5, 0.6) is 0 Å². The third kappa shape index (κ3) is 2.39. The first-order valence-corrected chi connectivity index (χ1v) is 6.51. The lowest BCUT2D eigenvalue weighted by Gasteiger charge is -2.04. The van der Waals surface area contributed by atoms with E-state index in [1.54, 1.807) is 13.3 Å². The standard InChI is InChI=1S/C8H11N2O3P/c1-13-8(11)6-4-10-7(5-9-6)14(2,3)12/h4-5H,1-3H3. The molecule has 76 valence electrons. The van der Waals surface area contributed by atoms with Gasteiger partial charge in [0, 0.05) is 0 Å². The zero-order valence-electron chi connectivity index (χ0n) is 8.22. The first-order valence-electron chi connectivity index (χ1n) is 3.91. The lowest BCUT2D eigenvalue weighted by molar-refractivity contribution is 0.0593. The smallest absolute Gasteiger partial charge is 0.358 e. The van der Waals surface area contributed by atoms with Gasteiger partial charge in [0.15, 0.2) is 5.69 Å². The molecule has 1 heterocycles. The van der Waals surface area contributed by atoms with Crippen LogP contribution >= 0.6 is 7.14 Å². The number of ether oxygens (including phenoxy) is 1. The van der Waals surface area contributed by atoms with Crippen LogP contribution in [0.25, 0.3) is 0 Å². The Morgan fingerprint density at radius 1 is 1.36 bits per heavy atom. The summed E-state index contributed by atoms with van der Waals surface area (Å²) in [6, 6.07) is 0. The molecule has 6 heteroatoms. The summed E-state index contributed by atoms with van der Waals surface area (Å²) in [4.78, 5) is 18.7. The monoisotopic (exact) mass is 214 g/mol. The molecule has 0 radical (unpaired) electrons. The average molecular weight is 214 g/mol. The SMILES string of the molecule is COC(=O)c1cnc(P(C)(C)=O)cn1. The molecule has 0 bridgehead atoms. The molecule has 0 aliphatic rings. The molecule has 0 saturated heterocycles. The van der Waals surface area contributed by atoms with Crippen molar-refractivity contribution in [3.8, 4) is 0 Å². The van der Waals surface area contributed by atoms with E-state index in [1.807, 2.05) is 0 Å². The summed E-state index contributed by atoms with van der Waals surface area (Å²) >= 11 is 0. The normalized spacial score (nSPS) is 11.1. The quantitative estimate of drug-likeness (QED) is 0.530. The number of carbonyl (C=O) groups excluding carboxylic acids is 1. The molecule has 0 saturated carbocycles. The maximum absolute atomic E-state index is 11.5. The first kappa shape index (κ1) is 10.9. The van der Waals surface area contributed by atoms with Gasteiger partial charge in [-0.3, -0.25) is 0 Å². The van der Waals surface area contributed by atoms with Crippen LogP contribution in [0.1, 0.15) is 10.5 Å². The molecule has 0 aliphatic carbocycles. The largest absolute Gasteiger partial charge is 0.464 e. The average Bonchev–Trinajstić information content (AvgIpc) is 2.15. The van der Waals surface area contributed by atoms with E-state index in [1.165, 1.54) is 19.5 Å². The van der Waals surface area contributed by atoms with Crippen LogP contribution < -0.4 is 5.44 Å². The highest BCUT2D eigenvalue weighted by molar-refractivity contribution is 7.69. The number of rotatable bonds is 2. The molecule has 0 N–H and O–H groups in total. The molecule has 1 aromatic heterocycles. The van der Waals surface area contributed by atoms with Gasteiger partial charge < -0.3 is 9.30 Å². The second kappa shape index (κ2) is 3.88. The minimum atomic E-state index is -2.40. The molecule has 0 amide bonds. The first-order chi connectivity index (χ1) is 6.45. The summed E-state index contributed by atoms with van der Waals surface area (Å²) in [6.45, 7) is 3.18. The van der Waals surface area contributed by atoms with Gasteiger partial charge in [0.1, 0.15) is 12.6 Å². The molecule has 0 aromatic carbocycles. The summed E-state index contributed by atoms with van der Waals surface area (Å²) in [5.41, 5.74) is 0.523. The molecular weight excluding hydrogens is 203 g/mol. The molecule has 1 rings (SSSR count). The van der Waals surface area contributed by atoms with Gasteiger partial charge in [-0.15, -0.1) is 0 Å². The number of aromatic nitrogens is 2. The minimum Gasteiger partial charge on any atom is -0.464 e. The highest BCUT2D eigenvalue weighted by Gasteiger charge is 2.14. The summed E-state index contributed by atoms with van der Waals surface area (Å²) < 4.78 is 16.0. The lowest BCUT2D eigenvalue weighted by Crippen LogP contribution is -2.13. The molecule has 0 spiro atoms. The predicted octanol–water partition coefficient (Wildman–Crippen LogP) is 0.511. The van der Waals surface area contributed by atoms with Gasteiger partial charge in [-0.1, -0.05) is 0 Å². The maximum Gasteiger partial charge on any atom is 0.358 e. The lowest BCUT2D eigenvalue weighted by atomic mass is 10.5. The Morgan fingerprint density at radius 3 is 2.36 bits per heavy atom. The second-order valence-electron chi connectivity index (χ2n) is 3.10. The fourth-order valence-electron chi connectivity index (χ4n) is 0.809. The number of esters is 1. The van der Waals surface area contributed by atoms with Crippen LogP contribution in [0.3, 0.4) is 0 Å². The van der Waals surface area contributed by atoms with Crippen LogP contribution in [0.4, 0.5) is 0 Å². The van der Waals surface area contributed by atoms with E-state index in [0.717, 1.165) is 0 Å². The molecule has 0 aliphatic heterocycles. The summed E-state index contributed by atoms with van der Waals surface area (Å²) in [6.07, 6.45) is 2.61. The van der Waals surface area contributed by atoms with Gasteiger partial charge in [-0.05, 0) is 13.3 Å². The van der Waals surface area contributed by atoms with Crippen LogP contribution in [0.15, 0.2) is 12.4 Å². The van der Waals surface area contributed by atoms with Crippen molar-refractivity contribution in [3.63, 3.8) is 0 Å². The number of hydrogen-bond donors (Lipinski definition) is 0. The zero-order chi connectivity index (χ0) is 10.8.